The molecular formula is C16H19N5O2. The van der Waals surface area contributed by atoms with Crippen molar-refractivity contribution in [3.05, 3.63) is 42.6 Å². The van der Waals surface area contributed by atoms with Crippen molar-refractivity contribution in [2.75, 3.05) is 13.2 Å². The number of amides is 2. The molecule has 2 N–H and O–H groups in total. The highest BCUT2D eigenvalue weighted by molar-refractivity contribution is 5.74. The number of carbonyl (C=O) groups excluding carboxylic acids is 1. The van der Waals surface area contributed by atoms with E-state index >= 15 is 0 Å². The summed E-state index contributed by atoms with van der Waals surface area (Å²) in [6, 6.07) is 3.72. The predicted molar refractivity (Wildman–Crippen MR) is 84.5 cm³/mol. The lowest BCUT2D eigenvalue weighted by molar-refractivity contribution is 0.0800. The predicted octanol–water partition coefficient (Wildman–Crippen LogP) is 1.52. The van der Waals surface area contributed by atoms with Gasteiger partial charge in [0.1, 0.15) is 0 Å². The van der Waals surface area contributed by atoms with Crippen LogP contribution >= 0.6 is 0 Å². The van der Waals surface area contributed by atoms with Gasteiger partial charge >= 0.3 is 6.03 Å². The number of pyridine rings is 1. The number of urea groups is 1. The molecule has 1 saturated heterocycles. The van der Waals surface area contributed by atoms with Crippen LogP contribution in [0.2, 0.25) is 0 Å². The molecule has 0 atom stereocenters. The Morgan fingerprint density at radius 3 is 2.65 bits per heavy atom. The molecule has 2 aromatic heterocycles. The molecular weight excluding hydrogens is 294 g/mol. The Hall–Kier alpha value is -2.54. The first kappa shape index (κ1) is 15.4. The summed E-state index contributed by atoms with van der Waals surface area (Å²) in [4.78, 5) is 24.7. The highest BCUT2D eigenvalue weighted by Crippen LogP contribution is 2.18. The van der Waals surface area contributed by atoms with Gasteiger partial charge in [-0.3, -0.25) is 15.0 Å². The average Bonchev–Trinajstić information content (AvgIpc) is 2.62. The second kappa shape index (κ2) is 7.64. The smallest absolute Gasteiger partial charge is 0.315 e. The molecule has 0 radical (unpaired) electrons. The third kappa shape index (κ3) is 4.23. The van der Waals surface area contributed by atoms with Gasteiger partial charge < -0.3 is 15.4 Å². The maximum atomic E-state index is 12.0. The Balaban J connectivity index is 1.61. The number of hydrogen-bond acceptors (Lipinski definition) is 5. The van der Waals surface area contributed by atoms with Crippen LogP contribution in [0.5, 0.6) is 0 Å². The third-order valence-electron chi connectivity index (χ3n) is 3.70. The molecule has 0 spiro atoms. The van der Waals surface area contributed by atoms with E-state index in [0.717, 1.165) is 29.8 Å². The molecule has 23 heavy (non-hydrogen) atoms. The van der Waals surface area contributed by atoms with Crippen molar-refractivity contribution in [2.24, 2.45) is 0 Å². The number of aromatic nitrogens is 3. The Bertz CT molecular complexity index is 644. The summed E-state index contributed by atoms with van der Waals surface area (Å²) in [6.45, 7) is 1.71. The Morgan fingerprint density at radius 1 is 1.13 bits per heavy atom. The van der Waals surface area contributed by atoms with E-state index < -0.39 is 0 Å². The second-order valence-electron chi connectivity index (χ2n) is 5.30. The molecule has 1 aliphatic rings. The van der Waals surface area contributed by atoms with E-state index in [0.29, 0.717) is 19.8 Å². The van der Waals surface area contributed by atoms with Crippen LogP contribution in [0.4, 0.5) is 4.79 Å². The fourth-order valence-corrected chi connectivity index (χ4v) is 2.49. The minimum atomic E-state index is -0.191. The molecule has 2 aromatic rings. The van der Waals surface area contributed by atoms with E-state index in [2.05, 4.69) is 25.6 Å². The third-order valence-corrected chi connectivity index (χ3v) is 3.70. The fraction of sp³-hybridized carbons (Fsp3) is 0.375. The van der Waals surface area contributed by atoms with Crippen LogP contribution in [0.25, 0.3) is 11.3 Å². The Morgan fingerprint density at radius 2 is 1.87 bits per heavy atom. The van der Waals surface area contributed by atoms with E-state index in [1.54, 1.807) is 24.8 Å². The highest BCUT2D eigenvalue weighted by atomic mass is 16.5. The van der Waals surface area contributed by atoms with Gasteiger partial charge in [-0.25, -0.2) is 4.79 Å². The molecule has 0 aromatic carbocycles. The minimum Gasteiger partial charge on any atom is -0.381 e. The molecule has 7 nitrogen and oxygen atoms in total. The number of nitrogens with one attached hydrogen (secondary N) is 2. The zero-order valence-electron chi connectivity index (χ0n) is 12.7. The fourth-order valence-electron chi connectivity index (χ4n) is 2.49. The summed E-state index contributed by atoms with van der Waals surface area (Å²) >= 11 is 0. The Kier molecular flexibility index (Phi) is 5.10. The largest absolute Gasteiger partial charge is 0.381 e. The lowest BCUT2D eigenvalue weighted by Crippen LogP contribution is -2.44. The molecule has 0 saturated carbocycles. The van der Waals surface area contributed by atoms with Gasteiger partial charge in [-0.05, 0) is 25.0 Å². The van der Waals surface area contributed by atoms with Crippen LogP contribution in [0, 0.1) is 0 Å². The van der Waals surface area contributed by atoms with Crippen LogP contribution in [-0.4, -0.2) is 40.2 Å². The number of hydrogen-bond donors (Lipinski definition) is 2. The van der Waals surface area contributed by atoms with Gasteiger partial charge in [0.05, 0.1) is 17.9 Å². The lowest BCUT2D eigenvalue weighted by atomic mass is 10.1. The molecule has 1 aliphatic heterocycles. The summed E-state index contributed by atoms with van der Waals surface area (Å²) in [5.41, 5.74) is 2.40. The van der Waals surface area contributed by atoms with Gasteiger partial charge in [0.15, 0.2) is 0 Å². The van der Waals surface area contributed by atoms with Gasteiger partial charge in [-0.2, -0.15) is 0 Å². The first-order valence-corrected chi connectivity index (χ1v) is 7.65. The van der Waals surface area contributed by atoms with Crippen LogP contribution in [0.15, 0.2) is 36.9 Å². The standard InChI is InChI=1S/C16H19N5O2/c22-16(21-13-3-9-23-10-4-13)20-11-14-15(19-8-7-18-14)12-1-5-17-6-2-12/h1-2,5-8,13H,3-4,9-11H2,(H2,20,21,22). The number of carbonyl (C=O) groups is 1. The second-order valence-corrected chi connectivity index (χ2v) is 5.30. The van der Waals surface area contributed by atoms with Crippen LogP contribution in [-0.2, 0) is 11.3 Å². The normalized spacial score (nSPS) is 15.1. The number of ether oxygens (including phenoxy) is 1. The van der Waals surface area contributed by atoms with E-state index in [1.807, 2.05) is 12.1 Å². The minimum absolute atomic E-state index is 0.172. The van der Waals surface area contributed by atoms with Crippen molar-refractivity contribution >= 4 is 6.03 Å². The quantitative estimate of drug-likeness (QED) is 0.893. The molecule has 7 heteroatoms. The summed E-state index contributed by atoms with van der Waals surface area (Å²) in [5.74, 6) is 0. The van der Waals surface area contributed by atoms with Gasteiger partial charge in [0, 0.05) is 49.6 Å². The van der Waals surface area contributed by atoms with Gasteiger partial charge in [-0.1, -0.05) is 0 Å². The molecule has 3 rings (SSSR count). The molecule has 0 aliphatic carbocycles. The number of rotatable bonds is 4. The summed E-state index contributed by atoms with van der Waals surface area (Å²) in [7, 11) is 0. The zero-order chi connectivity index (χ0) is 15.9. The monoisotopic (exact) mass is 313 g/mol. The van der Waals surface area contributed by atoms with Crippen LogP contribution in [0.1, 0.15) is 18.5 Å². The van der Waals surface area contributed by atoms with Crippen LogP contribution in [0.3, 0.4) is 0 Å². The topological polar surface area (TPSA) is 89.0 Å². The molecule has 120 valence electrons. The lowest BCUT2D eigenvalue weighted by Gasteiger charge is -2.23. The van der Waals surface area contributed by atoms with E-state index in [1.165, 1.54) is 0 Å². The molecule has 0 unspecified atom stereocenters. The first-order valence-electron chi connectivity index (χ1n) is 7.65. The Labute approximate surface area is 134 Å². The van der Waals surface area contributed by atoms with E-state index in [-0.39, 0.29) is 12.1 Å². The SMILES string of the molecule is O=C(NCc1nccnc1-c1ccncc1)NC1CCOCC1. The van der Waals surface area contributed by atoms with E-state index in [4.69, 9.17) is 4.74 Å². The molecule has 1 fully saturated rings. The zero-order valence-corrected chi connectivity index (χ0v) is 12.7. The van der Waals surface area contributed by atoms with Crippen molar-refractivity contribution in [1.29, 1.82) is 0 Å². The maximum Gasteiger partial charge on any atom is 0.315 e. The van der Waals surface area contributed by atoms with Crippen molar-refractivity contribution in [3.8, 4) is 11.3 Å². The summed E-state index contributed by atoms with van der Waals surface area (Å²) < 4.78 is 5.28. The molecule has 3 heterocycles. The maximum absolute atomic E-state index is 12.0. The average molecular weight is 313 g/mol. The van der Waals surface area contributed by atoms with Gasteiger partial charge in [-0.15, -0.1) is 0 Å². The summed E-state index contributed by atoms with van der Waals surface area (Å²) in [5, 5.41) is 5.81. The molecule has 2 amide bonds. The molecule has 0 bridgehead atoms. The summed E-state index contributed by atoms with van der Waals surface area (Å²) in [6.07, 6.45) is 8.37. The van der Waals surface area contributed by atoms with Crippen molar-refractivity contribution < 1.29 is 9.53 Å². The van der Waals surface area contributed by atoms with Crippen molar-refractivity contribution in [2.45, 2.75) is 25.4 Å². The van der Waals surface area contributed by atoms with Gasteiger partial charge in [0.25, 0.3) is 0 Å². The van der Waals surface area contributed by atoms with Crippen molar-refractivity contribution in [3.63, 3.8) is 0 Å². The van der Waals surface area contributed by atoms with E-state index in [9.17, 15) is 4.79 Å². The highest BCUT2D eigenvalue weighted by Gasteiger charge is 2.16. The van der Waals surface area contributed by atoms with Crippen LogP contribution < -0.4 is 10.6 Å². The van der Waals surface area contributed by atoms with Gasteiger partial charge in [0.2, 0.25) is 0 Å². The van der Waals surface area contributed by atoms with Crippen molar-refractivity contribution in [1.82, 2.24) is 25.6 Å². The number of nitrogens with zero attached hydrogens (tertiary/aromatic N) is 3. The first-order chi connectivity index (χ1) is 11.3.